The summed E-state index contributed by atoms with van der Waals surface area (Å²) in [6.45, 7) is 2.58. The van der Waals surface area contributed by atoms with Crippen LogP contribution in [0.2, 0.25) is 0 Å². The predicted molar refractivity (Wildman–Crippen MR) is 111 cm³/mol. The van der Waals surface area contributed by atoms with Gasteiger partial charge in [0.25, 0.3) is 5.56 Å². The molecular weight excluding hydrogens is 360 g/mol. The van der Waals surface area contributed by atoms with Crippen LogP contribution < -0.4 is 5.56 Å². The third kappa shape index (κ3) is 3.08. The normalized spacial score (nSPS) is 11.2. The molecule has 0 radical (unpaired) electrons. The second-order valence-electron chi connectivity index (χ2n) is 6.11. The van der Waals surface area contributed by atoms with Crippen LogP contribution in [0.15, 0.2) is 70.6 Å². The summed E-state index contributed by atoms with van der Waals surface area (Å²) in [6, 6.07) is 18.4. The lowest BCUT2D eigenvalue weighted by Crippen LogP contribution is -2.21. The van der Waals surface area contributed by atoms with Gasteiger partial charge in [-0.15, -0.1) is 23.1 Å². The topological polar surface area (TPSA) is 34.9 Å². The number of thioether (sulfide) groups is 1. The van der Waals surface area contributed by atoms with Gasteiger partial charge in [-0.1, -0.05) is 42.5 Å². The van der Waals surface area contributed by atoms with E-state index in [1.807, 2.05) is 30.3 Å². The molecule has 0 aliphatic heterocycles. The van der Waals surface area contributed by atoms with E-state index in [0.717, 1.165) is 31.8 Å². The van der Waals surface area contributed by atoms with E-state index in [4.69, 9.17) is 0 Å². The standard InChI is InChI=1S/C21H18N2OS2/c1-14-18(16-6-4-3-5-7-16)19-20(26-14)22-13-23(21(19)24)12-15-8-10-17(25-2)11-9-15/h3-11,13H,12H2,1-2H3. The maximum atomic E-state index is 13.2. The first kappa shape index (κ1) is 17.1. The summed E-state index contributed by atoms with van der Waals surface area (Å²) in [5, 5.41) is 0.724. The monoisotopic (exact) mass is 378 g/mol. The minimum absolute atomic E-state index is 0.0205. The van der Waals surface area contributed by atoms with Gasteiger partial charge in [0.2, 0.25) is 0 Å². The van der Waals surface area contributed by atoms with E-state index in [1.54, 1.807) is 34.0 Å². The van der Waals surface area contributed by atoms with Crippen molar-refractivity contribution in [2.24, 2.45) is 0 Å². The van der Waals surface area contributed by atoms with E-state index in [-0.39, 0.29) is 5.56 Å². The first-order valence-electron chi connectivity index (χ1n) is 8.34. The number of rotatable bonds is 4. The van der Waals surface area contributed by atoms with Crippen molar-refractivity contribution < 1.29 is 0 Å². The fraction of sp³-hybridized carbons (Fsp3) is 0.143. The molecule has 0 amide bonds. The quantitative estimate of drug-likeness (QED) is 0.458. The fourth-order valence-electron chi connectivity index (χ4n) is 3.13. The molecule has 2 aromatic heterocycles. The Labute approximate surface area is 160 Å². The first-order valence-corrected chi connectivity index (χ1v) is 10.4. The third-order valence-electron chi connectivity index (χ3n) is 4.43. The molecule has 2 heterocycles. The Morgan fingerprint density at radius 2 is 1.81 bits per heavy atom. The van der Waals surface area contributed by atoms with E-state index in [9.17, 15) is 4.79 Å². The lowest BCUT2D eigenvalue weighted by molar-refractivity contribution is 0.749. The lowest BCUT2D eigenvalue weighted by atomic mass is 10.0. The molecule has 0 N–H and O–H groups in total. The van der Waals surface area contributed by atoms with Gasteiger partial charge in [-0.2, -0.15) is 0 Å². The minimum Gasteiger partial charge on any atom is -0.294 e. The number of aromatic nitrogens is 2. The van der Waals surface area contributed by atoms with Gasteiger partial charge in [-0.3, -0.25) is 9.36 Å². The molecule has 26 heavy (non-hydrogen) atoms. The zero-order valence-electron chi connectivity index (χ0n) is 14.6. The molecule has 0 fully saturated rings. The molecular formula is C21H18N2OS2. The number of aryl methyl sites for hydroxylation is 1. The van der Waals surface area contributed by atoms with Crippen molar-refractivity contribution in [3.8, 4) is 11.1 Å². The predicted octanol–water partition coefficient (Wildman–Crippen LogP) is 5.20. The zero-order valence-corrected chi connectivity index (χ0v) is 16.2. The molecule has 0 aliphatic rings. The number of fused-ring (bicyclic) bond motifs is 1. The molecule has 130 valence electrons. The highest BCUT2D eigenvalue weighted by molar-refractivity contribution is 7.98. The lowest BCUT2D eigenvalue weighted by Gasteiger charge is -2.07. The minimum atomic E-state index is 0.0205. The summed E-state index contributed by atoms with van der Waals surface area (Å²) in [4.78, 5) is 20.9. The smallest absolute Gasteiger partial charge is 0.263 e. The van der Waals surface area contributed by atoms with Crippen LogP contribution in [0.1, 0.15) is 10.4 Å². The highest BCUT2D eigenvalue weighted by atomic mass is 32.2. The van der Waals surface area contributed by atoms with Crippen molar-refractivity contribution in [3.05, 3.63) is 81.7 Å². The summed E-state index contributed by atoms with van der Waals surface area (Å²) >= 11 is 3.29. The van der Waals surface area contributed by atoms with Crippen LogP contribution in [0.3, 0.4) is 0 Å². The van der Waals surface area contributed by atoms with Gasteiger partial charge in [0.1, 0.15) is 4.83 Å². The van der Waals surface area contributed by atoms with Crippen LogP contribution in [0, 0.1) is 6.92 Å². The highest BCUT2D eigenvalue weighted by Crippen LogP contribution is 2.35. The second-order valence-corrected chi connectivity index (χ2v) is 8.19. The van der Waals surface area contributed by atoms with Crippen LogP contribution in [0.5, 0.6) is 0 Å². The SMILES string of the molecule is CSc1ccc(Cn2cnc3sc(C)c(-c4ccccc4)c3c2=O)cc1. The van der Waals surface area contributed by atoms with Crippen LogP contribution in [0.4, 0.5) is 0 Å². The summed E-state index contributed by atoms with van der Waals surface area (Å²) in [5.41, 5.74) is 3.19. The molecule has 2 aromatic carbocycles. The Kier molecular flexibility index (Phi) is 4.66. The van der Waals surface area contributed by atoms with E-state index < -0.39 is 0 Å². The number of hydrogen-bond donors (Lipinski definition) is 0. The molecule has 0 spiro atoms. The third-order valence-corrected chi connectivity index (χ3v) is 6.19. The molecule has 0 atom stereocenters. The van der Waals surface area contributed by atoms with Gasteiger partial charge < -0.3 is 0 Å². The second kappa shape index (κ2) is 7.09. The number of nitrogens with zero attached hydrogens (tertiary/aromatic N) is 2. The van der Waals surface area contributed by atoms with E-state index in [1.165, 1.54) is 4.90 Å². The fourth-order valence-corrected chi connectivity index (χ4v) is 4.54. The Bertz CT molecular complexity index is 1110. The number of hydrogen-bond acceptors (Lipinski definition) is 4. The number of benzene rings is 2. The van der Waals surface area contributed by atoms with E-state index in [2.05, 4.69) is 42.4 Å². The van der Waals surface area contributed by atoms with Crippen molar-refractivity contribution >= 4 is 33.3 Å². The first-order chi connectivity index (χ1) is 12.7. The average molecular weight is 379 g/mol. The molecule has 5 heteroatoms. The van der Waals surface area contributed by atoms with Gasteiger partial charge in [-0.25, -0.2) is 4.98 Å². The molecule has 0 bridgehead atoms. The van der Waals surface area contributed by atoms with Gasteiger partial charge >= 0.3 is 0 Å². The highest BCUT2D eigenvalue weighted by Gasteiger charge is 2.16. The largest absolute Gasteiger partial charge is 0.294 e. The molecule has 4 rings (SSSR count). The van der Waals surface area contributed by atoms with Crippen molar-refractivity contribution in [3.63, 3.8) is 0 Å². The molecule has 4 aromatic rings. The average Bonchev–Trinajstić information content (AvgIpc) is 3.02. The summed E-state index contributed by atoms with van der Waals surface area (Å²) in [5.74, 6) is 0. The van der Waals surface area contributed by atoms with Gasteiger partial charge in [-0.05, 0) is 36.4 Å². The summed E-state index contributed by atoms with van der Waals surface area (Å²) in [6.07, 6.45) is 3.72. The van der Waals surface area contributed by atoms with Gasteiger partial charge in [0.15, 0.2) is 0 Å². The van der Waals surface area contributed by atoms with E-state index in [0.29, 0.717) is 6.54 Å². The van der Waals surface area contributed by atoms with Gasteiger partial charge in [0, 0.05) is 15.3 Å². The van der Waals surface area contributed by atoms with Crippen molar-refractivity contribution in [2.75, 3.05) is 6.26 Å². The van der Waals surface area contributed by atoms with Crippen molar-refractivity contribution in [1.82, 2.24) is 9.55 Å². The van der Waals surface area contributed by atoms with Crippen LogP contribution in [-0.2, 0) is 6.54 Å². The molecule has 0 saturated carbocycles. The maximum Gasteiger partial charge on any atom is 0.263 e. The zero-order chi connectivity index (χ0) is 18.1. The number of thiophene rings is 1. The maximum absolute atomic E-state index is 13.2. The molecule has 0 aliphatic carbocycles. The van der Waals surface area contributed by atoms with Crippen molar-refractivity contribution in [2.45, 2.75) is 18.4 Å². The van der Waals surface area contributed by atoms with Crippen LogP contribution in [0.25, 0.3) is 21.3 Å². The summed E-state index contributed by atoms with van der Waals surface area (Å²) in [7, 11) is 0. The van der Waals surface area contributed by atoms with Crippen LogP contribution >= 0.6 is 23.1 Å². The summed E-state index contributed by atoms with van der Waals surface area (Å²) < 4.78 is 1.70. The Balaban J connectivity index is 1.82. The van der Waals surface area contributed by atoms with Gasteiger partial charge in [0.05, 0.1) is 18.3 Å². The molecule has 3 nitrogen and oxygen atoms in total. The Hall–Kier alpha value is -2.37. The Morgan fingerprint density at radius 1 is 1.08 bits per heavy atom. The van der Waals surface area contributed by atoms with Crippen LogP contribution in [-0.4, -0.2) is 15.8 Å². The molecule has 0 unspecified atom stereocenters. The van der Waals surface area contributed by atoms with Crippen molar-refractivity contribution in [1.29, 1.82) is 0 Å². The molecule has 0 saturated heterocycles. The Morgan fingerprint density at radius 3 is 2.50 bits per heavy atom. The van der Waals surface area contributed by atoms with E-state index >= 15 is 0 Å².